The molecule has 0 saturated heterocycles. The Labute approximate surface area is 112 Å². The van der Waals surface area contributed by atoms with Gasteiger partial charge < -0.3 is 10.4 Å². The molecule has 9 heteroatoms. The zero-order chi connectivity index (χ0) is 14.2. The molecule has 0 aliphatic carbocycles. The number of rotatable bonds is 4. The summed E-state index contributed by atoms with van der Waals surface area (Å²) < 4.78 is 4.47. The van der Waals surface area contributed by atoms with E-state index in [-0.39, 0.29) is 34.0 Å². The van der Waals surface area contributed by atoms with Gasteiger partial charge in [0.1, 0.15) is 5.69 Å². The number of fused-ring (bicyclic) bond motifs is 1. The fourth-order valence-electron chi connectivity index (χ4n) is 1.52. The van der Waals surface area contributed by atoms with Gasteiger partial charge in [0.05, 0.1) is 15.5 Å². The third-order valence-corrected chi connectivity index (χ3v) is 2.65. The predicted octanol–water partition coefficient (Wildman–Crippen LogP) is 1.97. The molecule has 0 spiro atoms. The van der Waals surface area contributed by atoms with Crippen LogP contribution >= 0.6 is 11.6 Å². The number of nitrogens with zero attached hydrogens (tertiary/aromatic N) is 3. The van der Waals surface area contributed by atoms with Gasteiger partial charge in [-0.3, -0.25) is 10.1 Å². The lowest BCUT2D eigenvalue weighted by Crippen LogP contribution is -2.29. The molecule has 1 aromatic carbocycles. The van der Waals surface area contributed by atoms with Crippen LogP contribution in [-0.4, -0.2) is 32.5 Å². The smallest absolute Gasteiger partial charge is 0.323 e. The highest BCUT2D eigenvalue weighted by Gasteiger charge is 2.26. The Bertz CT molecular complexity index is 634. The fourth-order valence-corrected chi connectivity index (χ4v) is 1.76. The number of hydrogen-bond donors (Lipinski definition) is 2. The summed E-state index contributed by atoms with van der Waals surface area (Å²) in [5, 5.41) is 30.7. The van der Waals surface area contributed by atoms with E-state index in [4.69, 9.17) is 11.6 Å². The largest absolute Gasteiger partial charge is 0.389 e. The molecule has 8 nitrogen and oxygen atoms in total. The third-order valence-electron chi connectivity index (χ3n) is 2.36. The monoisotopic (exact) mass is 286 g/mol. The molecule has 19 heavy (non-hydrogen) atoms. The Morgan fingerprint density at radius 1 is 1.53 bits per heavy atom. The van der Waals surface area contributed by atoms with Crippen LogP contribution in [0.3, 0.4) is 0 Å². The van der Waals surface area contributed by atoms with Crippen molar-refractivity contribution in [3.8, 4) is 0 Å². The van der Waals surface area contributed by atoms with Crippen LogP contribution in [0.25, 0.3) is 11.0 Å². The maximum absolute atomic E-state index is 11.1. The Hall–Kier alpha value is -1.93. The molecule has 1 aromatic heterocycles. The van der Waals surface area contributed by atoms with Gasteiger partial charge in [-0.25, -0.2) is 4.63 Å². The number of aromatic nitrogens is 2. The first kappa shape index (κ1) is 13.5. The number of halogens is 1. The number of nitro groups is 1. The topological polar surface area (TPSA) is 114 Å². The van der Waals surface area contributed by atoms with Gasteiger partial charge in [0.2, 0.25) is 5.52 Å². The summed E-state index contributed by atoms with van der Waals surface area (Å²) in [4.78, 5) is 10.5. The van der Waals surface area contributed by atoms with Gasteiger partial charge in [-0.1, -0.05) is 11.6 Å². The van der Waals surface area contributed by atoms with Gasteiger partial charge in [0.15, 0.2) is 5.52 Å². The Morgan fingerprint density at radius 3 is 2.74 bits per heavy atom. The highest BCUT2D eigenvalue weighted by Crippen LogP contribution is 2.36. The molecule has 0 atom stereocenters. The van der Waals surface area contributed by atoms with Crippen molar-refractivity contribution in [3.05, 3.63) is 21.2 Å². The lowest BCUT2D eigenvalue weighted by atomic mass is 10.1. The number of hydrogen-bond acceptors (Lipinski definition) is 7. The number of nitrogens with one attached hydrogen (secondary N) is 1. The van der Waals surface area contributed by atoms with Gasteiger partial charge in [-0.05, 0) is 30.2 Å². The first-order chi connectivity index (χ1) is 8.79. The summed E-state index contributed by atoms with van der Waals surface area (Å²) in [6.45, 7) is 3.26. The third kappa shape index (κ3) is 2.74. The van der Waals surface area contributed by atoms with E-state index in [0.29, 0.717) is 0 Å². The summed E-state index contributed by atoms with van der Waals surface area (Å²) in [6.07, 6.45) is 0. The fraction of sp³-hybridized carbons (Fsp3) is 0.400. The maximum Gasteiger partial charge on any atom is 0.323 e. The molecular weight excluding hydrogens is 276 g/mol. The van der Waals surface area contributed by atoms with Crippen LogP contribution in [0.1, 0.15) is 13.8 Å². The number of anilines is 1. The number of benzene rings is 1. The number of aliphatic hydroxyl groups is 1. The molecule has 102 valence electrons. The van der Waals surface area contributed by atoms with E-state index in [0.717, 1.165) is 0 Å². The molecule has 2 rings (SSSR count). The predicted molar refractivity (Wildman–Crippen MR) is 68.3 cm³/mol. The van der Waals surface area contributed by atoms with Gasteiger partial charge in [-0.15, -0.1) is 0 Å². The molecule has 0 bridgehead atoms. The Balaban J connectivity index is 2.53. The van der Waals surface area contributed by atoms with Crippen LogP contribution in [0, 0.1) is 10.1 Å². The first-order valence-corrected chi connectivity index (χ1v) is 5.73. The molecule has 0 radical (unpaired) electrons. The van der Waals surface area contributed by atoms with Crippen molar-refractivity contribution < 1.29 is 14.7 Å². The zero-order valence-electron chi connectivity index (χ0n) is 10.2. The SMILES string of the molecule is CC(C)(O)CNc1cc(Cl)c2nonc2c1[N+](=O)[O-]. The van der Waals surface area contributed by atoms with Crippen LogP contribution in [0.15, 0.2) is 10.7 Å². The van der Waals surface area contributed by atoms with Gasteiger partial charge in [-0.2, -0.15) is 0 Å². The molecule has 0 fully saturated rings. The highest BCUT2D eigenvalue weighted by atomic mass is 35.5. The molecule has 0 saturated carbocycles. The van der Waals surface area contributed by atoms with Crippen molar-refractivity contribution in [1.29, 1.82) is 0 Å². The van der Waals surface area contributed by atoms with E-state index in [1.807, 2.05) is 0 Å². The van der Waals surface area contributed by atoms with E-state index in [1.165, 1.54) is 6.07 Å². The highest BCUT2D eigenvalue weighted by molar-refractivity contribution is 6.35. The maximum atomic E-state index is 11.1. The summed E-state index contributed by atoms with van der Waals surface area (Å²) in [6, 6.07) is 1.36. The zero-order valence-corrected chi connectivity index (χ0v) is 10.9. The van der Waals surface area contributed by atoms with E-state index in [1.54, 1.807) is 13.8 Å². The van der Waals surface area contributed by atoms with Crippen molar-refractivity contribution >= 4 is 34.0 Å². The van der Waals surface area contributed by atoms with Crippen molar-refractivity contribution in [3.63, 3.8) is 0 Å². The van der Waals surface area contributed by atoms with E-state index in [2.05, 4.69) is 20.3 Å². The quantitative estimate of drug-likeness (QED) is 0.652. The normalized spacial score (nSPS) is 11.8. The van der Waals surface area contributed by atoms with Crippen molar-refractivity contribution in [2.75, 3.05) is 11.9 Å². The molecule has 1 heterocycles. The lowest BCUT2D eigenvalue weighted by Gasteiger charge is -2.18. The average molecular weight is 287 g/mol. The minimum Gasteiger partial charge on any atom is -0.389 e. The molecule has 0 aliphatic rings. The average Bonchev–Trinajstić information content (AvgIpc) is 2.74. The molecule has 0 amide bonds. The minimum absolute atomic E-state index is 0.0317. The second-order valence-corrected chi connectivity index (χ2v) is 5.05. The lowest BCUT2D eigenvalue weighted by molar-refractivity contribution is -0.382. The molecule has 0 unspecified atom stereocenters. The van der Waals surface area contributed by atoms with Crippen LogP contribution in [-0.2, 0) is 0 Å². The summed E-state index contributed by atoms with van der Waals surface area (Å²) >= 11 is 5.94. The standard InChI is InChI=1S/C10H11ClN4O4/c1-10(2,16)4-12-6-3-5(11)7-8(14-19-13-7)9(6)15(17)18/h3,12,16H,4H2,1-2H3. The number of nitro benzene ring substituents is 1. The minimum atomic E-state index is -1.03. The van der Waals surface area contributed by atoms with Crippen molar-refractivity contribution in [2.24, 2.45) is 0 Å². The summed E-state index contributed by atoms with van der Waals surface area (Å²) in [5.74, 6) is 0. The van der Waals surface area contributed by atoms with Crippen molar-refractivity contribution in [2.45, 2.75) is 19.4 Å². The molecule has 0 aliphatic heterocycles. The Morgan fingerprint density at radius 2 is 2.16 bits per heavy atom. The summed E-state index contributed by atoms with van der Waals surface area (Å²) in [7, 11) is 0. The van der Waals surface area contributed by atoms with Crippen LogP contribution in [0.2, 0.25) is 5.02 Å². The second-order valence-electron chi connectivity index (χ2n) is 4.64. The Kier molecular flexibility index (Phi) is 3.29. The molecular formula is C10H11ClN4O4. The second kappa shape index (κ2) is 4.63. The van der Waals surface area contributed by atoms with Gasteiger partial charge >= 0.3 is 5.69 Å². The van der Waals surface area contributed by atoms with Gasteiger partial charge in [0.25, 0.3) is 0 Å². The van der Waals surface area contributed by atoms with Crippen LogP contribution < -0.4 is 5.32 Å². The van der Waals surface area contributed by atoms with E-state index >= 15 is 0 Å². The van der Waals surface area contributed by atoms with Crippen LogP contribution in [0.4, 0.5) is 11.4 Å². The van der Waals surface area contributed by atoms with E-state index < -0.39 is 10.5 Å². The first-order valence-electron chi connectivity index (χ1n) is 5.35. The molecule has 2 aromatic rings. The van der Waals surface area contributed by atoms with Gasteiger partial charge in [0, 0.05) is 6.54 Å². The summed E-state index contributed by atoms with van der Waals surface area (Å²) in [5.41, 5.74) is -1.07. The van der Waals surface area contributed by atoms with Crippen molar-refractivity contribution in [1.82, 2.24) is 10.3 Å². The van der Waals surface area contributed by atoms with Crippen LogP contribution in [0.5, 0.6) is 0 Å². The van der Waals surface area contributed by atoms with E-state index in [9.17, 15) is 15.2 Å². The molecule has 2 N–H and O–H groups in total.